The number of aliphatic hydroxyl groups excluding tert-OH is 1. The predicted octanol–water partition coefficient (Wildman–Crippen LogP) is 0.477. The van der Waals surface area contributed by atoms with Gasteiger partial charge in [0.1, 0.15) is 0 Å². The van der Waals surface area contributed by atoms with Gasteiger partial charge in [-0.3, -0.25) is 9.69 Å². The second-order valence-electron chi connectivity index (χ2n) is 5.00. The number of thioether (sulfide) groups is 1. The molecule has 1 fully saturated rings. The van der Waals surface area contributed by atoms with Crippen molar-refractivity contribution in [3.05, 3.63) is 12.2 Å². The van der Waals surface area contributed by atoms with E-state index in [0.29, 0.717) is 0 Å². The number of carbonyl (C=O) groups excluding carboxylic acids is 1. The van der Waals surface area contributed by atoms with Crippen LogP contribution in [0, 0.1) is 5.92 Å². The summed E-state index contributed by atoms with van der Waals surface area (Å²) >= 11 is 1.95. The third-order valence-electron chi connectivity index (χ3n) is 3.71. The Balaban J connectivity index is 1.79. The molecule has 2 N–H and O–H groups in total. The first-order chi connectivity index (χ1) is 8.70. The molecule has 1 aliphatic heterocycles. The van der Waals surface area contributed by atoms with Gasteiger partial charge in [0.2, 0.25) is 5.91 Å². The van der Waals surface area contributed by atoms with Gasteiger partial charge in [0.15, 0.2) is 0 Å². The minimum absolute atomic E-state index is 0.0486. The topological polar surface area (TPSA) is 52.6 Å². The van der Waals surface area contributed by atoms with Gasteiger partial charge in [-0.2, -0.15) is 11.8 Å². The first-order valence-electron chi connectivity index (χ1n) is 6.62. The van der Waals surface area contributed by atoms with Crippen molar-refractivity contribution in [2.24, 2.45) is 5.92 Å². The van der Waals surface area contributed by atoms with Crippen LogP contribution >= 0.6 is 11.8 Å². The Morgan fingerprint density at radius 1 is 1.50 bits per heavy atom. The molecule has 0 spiro atoms. The number of nitrogens with zero attached hydrogens (tertiary/aromatic N) is 1. The van der Waals surface area contributed by atoms with Crippen LogP contribution in [0.15, 0.2) is 12.2 Å². The van der Waals surface area contributed by atoms with Gasteiger partial charge in [0.25, 0.3) is 0 Å². The minimum Gasteiger partial charge on any atom is -0.396 e. The Bertz CT molecular complexity index is 316. The van der Waals surface area contributed by atoms with Gasteiger partial charge < -0.3 is 10.4 Å². The number of hydrogen-bond acceptors (Lipinski definition) is 4. The molecular weight excluding hydrogens is 248 g/mol. The summed E-state index contributed by atoms with van der Waals surface area (Å²) in [6.07, 6.45) is 4.82. The molecule has 1 amide bonds. The smallest absolute Gasteiger partial charge is 0.237 e. The monoisotopic (exact) mass is 270 g/mol. The van der Waals surface area contributed by atoms with Crippen LogP contribution < -0.4 is 5.32 Å². The maximum Gasteiger partial charge on any atom is 0.237 e. The molecule has 5 heteroatoms. The highest BCUT2D eigenvalue weighted by Gasteiger charge is 2.26. The van der Waals surface area contributed by atoms with Gasteiger partial charge in [-0.1, -0.05) is 12.2 Å². The molecule has 1 saturated heterocycles. The summed E-state index contributed by atoms with van der Waals surface area (Å²) in [5.74, 6) is 2.55. The van der Waals surface area contributed by atoms with Crippen molar-refractivity contribution in [1.29, 1.82) is 0 Å². The third-order valence-corrected chi connectivity index (χ3v) is 4.65. The Morgan fingerprint density at radius 3 is 2.83 bits per heavy atom. The van der Waals surface area contributed by atoms with Gasteiger partial charge in [-0.05, 0) is 13.3 Å². The predicted molar refractivity (Wildman–Crippen MR) is 74.6 cm³/mol. The van der Waals surface area contributed by atoms with E-state index in [4.69, 9.17) is 5.11 Å². The first kappa shape index (κ1) is 13.9. The molecular formula is C13H22N2O2S. The lowest BCUT2D eigenvalue weighted by molar-refractivity contribution is -0.126. The zero-order chi connectivity index (χ0) is 13.0. The number of rotatable bonds is 4. The molecule has 2 rings (SSSR count). The number of carbonyl (C=O) groups is 1. The Labute approximate surface area is 113 Å². The Hall–Kier alpha value is -0.520. The van der Waals surface area contributed by atoms with E-state index < -0.39 is 0 Å². The zero-order valence-electron chi connectivity index (χ0n) is 10.8. The molecule has 4 nitrogen and oxygen atoms in total. The Kier molecular flexibility index (Phi) is 5.09. The van der Waals surface area contributed by atoms with E-state index in [-0.39, 0.29) is 30.5 Å². The summed E-state index contributed by atoms with van der Waals surface area (Å²) in [6.45, 7) is 4.15. The van der Waals surface area contributed by atoms with Crippen LogP contribution in [0.3, 0.4) is 0 Å². The van der Waals surface area contributed by atoms with Crippen LogP contribution in [-0.4, -0.2) is 59.2 Å². The highest BCUT2D eigenvalue weighted by molar-refractivity contribution is 7.99. The molecule has 1 aliphatic carbocycles. The SMILES string of the molecule is CC(C(=O)N[C@@H]1C=C[C@H](CO)C1)N1CCSCC1. The molecule has 2 aliphatic rings. The van der Waals surface area contributed by atoms with Crippen LogP contribution in [0.2, 0.25) is 0 Å². The normalized spacial score (nSPS) is 30.3. The van der Waals surface area contributed by atoms with Crippen LogP contribution in [0.4, 0.5) is 0 Å². The Morgan fingerprint density at radius 2 is 2.22 bits per heavy atom. The number of nitrogens with one attached hydrogen (secondary N) is 1. The van der Waals surface area contributed by atoms with Crippen molar-refractivity contribution >= 4 is 17.7 Å². The molecule has 3 atom stereocenters. The lowest BCUT2D eigenvalue weighted by Crippen LogP contribution is -2.50. The number of amides is 1. The fraction of sp³-hybridized carbons (Fsp3) is 0.769. The average molecular weight is 270 g/mol. The largest absolute Gasteiger partial charge is 0.396 e. The summed E-state index contributed by atoms with van der Waals surface area (Å²) in [5.41, 5.74) is 0. The standard InChI is InChI=1S/C13H22N2O2S/c1-10(15-4-6-18-7-5-15)13(17)14-12-3-2-11(8-12)9-16/h2-3,10-12,16H,4-9H2,1H3,(H,14,17)/t10?,11-,12+/m0/s1. The molecule has 0 aromatic rings. The summed E-state index contributed by atoms with van der Waals surface area (Å²) in [5, 5.41) is 12.1. The van der Waals surface area contributed by atoms with Gasteiger partial charge >= 0.3 is 0 Å². The van der Waals surface area contributed by atoms with Crippen molar-refractivity contribution in [2.45, 2.75) is 25.4 Å². The third kappa shape index (κ3) is 3.49. The zero-order valence-corrected chi connectivity index (χ0v) is 11.7. The molecule has 1 unspecified atom stereocenters. The van der Waals surface area contributed by atoms with E-state index in [1.54, 1.807) is 0 Å². The molecule has 18 heavy (non-hydrogen) atoms. The number of aliphatic hydroxyl groups is 1. The summed E-state index contributed by atoms with van der Waals surface area (Å²) < 4.78 is 0. The van der Waals surface area contributed by atoms with E-state index in [2.05, 4.69) is 10.2 Å². The second-order valence-corrected chi connectivity index (χ2v) is 6.23. The fourth-order valence-electron chi connectivity index (χ4n) is 2.45. The van der Waals surface area contributed by atoms with E-state index in [0.717, 1.165) is 31.0 Å². The summed E-state index contributed by atoms with van der Waals surface area (Å²) in [6, 6.07) is 0.0451. The van der Waals surface area contributed by atoms with Crippen molar-refractivity contribution in [2.75, 3.05) is 31.2 Å². The van der Waals surface area contributed by atoms with Gasteiger partial charge in [-0.15, -0.1) is 0 Å². The quantitative estimate of drug-likeness (QED) is 0.730. The first-order valence-corrected chi connectivity index (χ1v) is 7.77. The van der Waals surface area contributed by atoms with E-state index in [1.165, 1.54) is 0 Å². The van der Waals surface area contributed by atoms with Crippen LogP contribution in [0.25, 0.3) is 0 Å². The molecule has 0 saturated carbocycles. The van der Waals surface area contributed by atoms with Crippen molar-refractivity contribution in [3.63, 3.8) is 0 Å². The molecule has 0 radical (unpaired) electrons. The van der Waals surface area contributed by atoms with E-state index >= 15 is 0 Å². The number of hydrogen-bond donors (Lipinski definition) is 2. The molecule has 0 bridgehead atoms. The lowest BCUT2D eigenvalue weighted by Gasteiger charge is -2.31. The fourth-order valence-corrected chi connectivity index (χ4v) is 3.38. The van der Waals surface area contributed by atoms with Crippen LogP contribution in [0.5, 0.6) is 0 Å². The van der Waals surface area contributed by atoms with Gasteiger partial charge in [-0.25, -0.2) is 0 Å². The molecule has 0 aromatic carbocycles. The highest BCUT2D eigenvalue weighted by atomic mass is 32.2. The van der Waals surface area contributed by atoms with Crippen molar-refractivity contribution < 1.29 is 9.90 Å². The molecule has 102 valence electrons. The molecule has 0 aromatic heterocycles. The van der Waals surface area contributed by atoms with Gasteiger partial charge in [0.05, 0.1) is 6.04 Å². The highest BCUT2D eigenvalue weighted by Crippen LogP contribution is 2.18. The lowest BCUT2D eigenvalue weighted by atomic mass is 10.1. The second kappa shape index (κ2) is 6.59. The van der Waals surface area contributed by atoms with Gasteiger partial charge in [0, 0.05) is 43.2 Å². The maximum absolute atomic E-state index is 12.1. The summed E-state index contributed by atoms with van der Waals surface area (Å²) in [4.78, 5) is 14.4. The van der Waals surface area contributed by atoms with Crippen molar-refractivity contribution in [3.8, 4) is 0 Å². The average Bonchev–Trinajstić information content (AvgIpc) is 2.86. The van der Waals surface area contributed by atoms with E-state index in [1.807, 2.05) is 30.8 Å². The molecule has 1 heterocycles. The maximum atomic E-state index is 12.1. The van der Waals surface area contributed by atoms with E-state index in [9.17, 15) is 4.79 Å². The van der Waals surface area contributed by atoms with Crippen LogP contribution in [-0.2, 0) is 4.79 Å². The minimum atomic E-state index is -0.0486. The summed E-state index contributed by atoms with van der Waals surface area (Å²) in [7, 11) is 0. The van der Waals surface area contributed by atoms with Crippen LogP contribution in [0.1, 0.15) is 13.3 Å². The van der Waals surface area contributed by atoms with Crippen molar-refractivity contribution in [1.82, 2.24) is 10.2 Å².